The molecule has 0 spiro atoms. The van der Waals surface area contributed by atoms with Crippen molar-refractivity contribution in [2.24, 2.45) is 0 Å². The Labute approximate surface area is 132 Å². The molecule has 23 heavy (non-hydrogen) atoms. The number of benzene rings is 1. The first kappa shape index (κ1) is 17.3. The van der Waals surface area contributed by atoms with Crippen molar-refractivity contribution in [1.29, 1.82) is 0 Å². The standard InChI is InChI=1S/C14H16F2N2O4S/c15-9-1-2-11(12(16)7-9)14(20)17-5-3-13(19)18-10-4-6-23(21,22)8-10/h1-2,7,10H,3-6,8H2,(H,17,20)(H,18,19)/t10-/m0/s1. The van der Waals surface area contributed by atoms with Crippen molar-refractivity contribution < 1.29 is 26.8 Å². The molecule has 6 nitrogen and oxygen atoms in total. The first-order valence-corrected chi connectivity index (χ1v) is 8.82. The number of hydrogen-bond donors (Lipinski definition) is 2. The summed E-state index contributed by atoms with van der Waals surface area (Å²) in [6.45, 7) is -0.0407. The maximum Gasteiger partial charge on any atom is 0.254 e. The molecule has 2 amide bonds. The van der Waals surface area contributed by atoms with Crippen LogP contribution in [0.4, 0.5) is 8.78 Å². The first-order chi connectivity index (χ1) is 10.8. The maximum atomic E-state index is 13.4. The lowest BCUT2D eigenvalue weighted by molar-refractivity contribution is -0.121. The van der Waals surface area contributed by atoms with Gasteiger partial charge in [0.2, 0.25) is 5.91 Å². The molecule has 1 aromatic rings. The minimum Gasteiger partial charge on any atom is -0.352 e. The highest BCUT2D eigenvalue weighted by atomic mass is 32.2. The van der Waals surface area contributed by atoms with Gasteiger partial charge in [-0.3, -0.25) is 9.59 Å². The van der Waals surface area contributed by atoms with E-state index in [1.165, 1.54) is 0 Å². The van der Waals surface area contributed by atoms with Crippen LogP contribution < -0.4 is 10.6 Å². The molecule has 0 unspecified atom stereocenters. The van der Waals surface area contributed by atoms with Gasteiger partial charge in [0.05, 0.1) is 17.1 Å². The molecule has 2 rings (SSSR count). The summed E-state index contributed by atoms with van der Waals surface area (Å²) in [6, 6.07) is 2.18. The maximum absolute atomic E-state index is 13.4. The minimum absolute atomic E-state index is 0.0407. The average molecular weight is 346 g/mol. The normalized spacial score (nSPS) is 19.3. The fourth-order valence-corrected chi connectivity index (χ4v) is 3.94. The topological polar surface area (TPSA) is 92.3 Å². The van der Waals surface area contributed by atoms with Crippen LogP contribution in [-0.2, 0) is 14.6 Å². The Morgan fingerprint density at radius 2 is 2.00 bits per heavy atom. The van der Waals surface area contributed by atoms with Gasteiger partial charge in [0.25, 0.3) is 5.91 Å². The fraction of sp³-hybridized carbons (Fsp3) is 0.429. The number of hydrogen-bond acceptors (Lipinski definition) is 4. The number of amides is 2. The van der Waals surface area contributed by atoms with E-state index in [1.807, 2.05) is 0 Å². The molecule has 0 saturated carbocycles. The van der Waals surface area contributed by atoms with Crippen LogP contribution in [0.1, 0.15) is 23.2 Å². The van der Waals surface area contributed by atoms with E-state index < -0.39 is 39.3 Å². The first-order valence-electron chi connectivity index (χ1n) is 7.00. The van der Waals surface area contributed by atoms with Gasteiger partial charge in [-0.15, -0.1) is 0 Å². The van der Waals surface area contributed by atoms with Crippen LogP contribution in [0.25, 0.3) is 0 Å². The molecule has 126 valence electrons. The average Bonchev–Trinajstić information content (AvgIpc) is 2.77. The zero-order valence-corrected chi connectivity index (χ0v) is 13.0. The van der Waals surface area contributed by atoms with Gasteiger partial charge in [-0.2, -0.15) is 0 Å². The van der Waals surface area contributed by atoms with Crippen LogP contribution in [0.15, 0.2) is 18.2 Å². The summed E-state index contributed by atoms with van der Waals surface area (Å²) in [4.78, 5) is 23.4. The Morgan fingerprint density at radius 3 is 2.61 bits per heavy atom. The van der Waals surface area contributed by atoms with Gasteiger partial charge >= 0.3 is 0 Å². The van der Waals surface area contributed by atoms with Crippen molar-refractivity contribution in [2.45, 2.75) is 18.9 Å². The smallest absolute Gasteiger partial charge is 0.254 e. The number of nitrogens with one attached hydrogen (secondary N) is 2. The Balaban J connectivity index is 1.76. The predicted molar refractivity (Wildman–Crippen MR) is 78.5 cm³/mol. The molecular weight excluding hydrogens is 330 g/mol. The molecule has 1 atom stereocenters. The van der Waals surface area contributed by atoms with Gasteiger partial charge in [-0.1, -0.05) is 0 Å². The highest BCUT2D eigenvalue weighted by molar-refractivity contribution is 7.91. The van der Waals surface area contributed by atoms with Crippen LogP contribution in [0.3, 0.4) is 0 Å². The highest BCUT2D eigenvalue weighted by Crippen LogP contribution is 2.11. The van der Waals surface area contributed by atoms with Crippen LogP contribution in [0.5, 0.6) is 0 Å². The van der Waals surface area contributed by atoms with Crippen molar-refractivity contribution in [2.75, 3.05) is 18.1 Å². The summed E-state index contributed by atoms with van der Waals surface area (Å²) >= 11 is 0. The number of carbonyl (C=O) groups is 2. The molecule has 1 fully saturated rings. The molecule has 0 radical (unpaired) electrons. The lowest BCUT2D eigenvalue weighted by atomic mass is 10.2. The lowest BCUT2D eigenvalue weighted by Crippen LogP contribution is -2.37. The Hall–Kier alpha value is -2.03. The van der Waals surface area contributed by atoms with Crippen molar-refractivity contribution >= 4 is 21.7 Å². The van der Waals surface area contributed by atoms with Gasteiger partial charge in [-0.25, -0.2) is 17.2 Å². The van der Waals surface area contributed by atoms with E-state index in [-0.39, 0.29) is 30.0 Å². The van der Waals surface area contributed by atoms with E-state index in [0.717, 1.165) is 12.1 Å². The predicted octanol–water partition coefficient (Wildman–Crippen LogP) is 0.388. The van der Waals surface area contributed by atoms with E-state index in [2.05, 4.69) is 10.6 Å². The van der Waals surface area contributed by atoms with Gasteiger partial charge in [-0.05, 0) is 18.6 Å². The lowest BCUT2D eigenvalue weighted by Gasteiger charge is -2.11. The van der Waals surface area contributed by atoms with Crippen molar-refractivity contribution in [3.63, 3.8) is 0 Å². The molecule has 2 N–H and O–H groups in total. The number of carbonyl (C=O) groups excluding carboxylic acids is 2. The number of rotatable bonds is 5. The van der Waals surface area contributed by atoms with Crippen LogP contribution in [0, 0.1) is 11.6 Å². The van der Waals surface area contributed by atoms with Gasteiger partial charge in [0.15, 0.2) is 9.84 Å². The van der Waals surface area contributed by atoms with E-state index in [1.54, 1.807) is 0 Å². The van der Waals surface area contributed by atoms with Crippen molar-refractivity contribution in [3.05, 3.63) is 35.4 Å². The molecule has 9 heteroatoms. The van der Waals surface area contributed by atoms with Crippen molar-refractivity contribution in [3.8, 4) is 0 Å². The summed E-state index contributed by atoms with van der Waals surface area (Å²) in [5.74, 6) is -2.94. The second kappa shape index (κ2) is 7.03. The largest absolute Gasteiger partial charge is 0.352 e. The molecule has 1 aliphatic rings. The minimum atomic E-state index is -3.08. The zero-order chi connectivity index (χ0) is 17.0. The molecule has 0 aromatic heterocycles. The second-order valence-corrected chi connectivity index (χ2v) is 7.53. The Bertz CT molecular complexity index is 721. The Kier molecular flexibility index (Phi) is 5.30. The van der Waals surface area contributed by atoms with E-state index in [4.69, 9.17) is 0 Å². The second-order valence-electron chi connectivity index (χ2n) is 5.30. The van der Waals surface area contributed by atoms with E-state index in [9.17, 15) is 26.8 Å². The highest BCUT2D eigenvalue weighted by Gasteiger charge is 2.28. The summed E-state index contributed by atoms with van der Waals surface area (Å²) in [6.07, 6.45) is 0.312. The summed E-state index contributed by atoms with van der Waals surface area (Å²) in [7, 11) is -3.08. The number of halogens is 2. The van der Waals surface area contributed by atoms with Crippen molar-refractivity contribution in [1.82, 2.24) is 10.6 Å². The molecule has 1 saturated heterocycles. The number of sulfone groups is 1. The SMILES string of the molecule is O=C(CCNC(=O)c1ccc(F)cc1F)N[C@H]1CCS(=O)(=O)C1. The zero-order valence-electron chi connectivity index (χ0n) is 12.1. The molecule has 1 aliphatic heterocycles. The molecule has 0 aliphatic carbocycles. The summed E-state index contributed by atoms with van der Waals surface area (Å²) < 4.78 is 48.7. The quantitative estimate of drug-likeness (QED) is 0.807. The molecular formula is C14H16F2N2O4S. The third kappa shape index (κ3) is 4.98. The van der Waals surface area contributed by atoms with Crippen LogP contribution >= 0.6 is 0 Å². The van der Waals surface area contributed by atoms with E-state index in [0.29, 0.717) is 12.5 Å². The third-order valence-electron chi connectivity index (χ3n) is 3.41. The van der Waals surface area contributed by atoms with Gasteiger partial charge in [0.1, 0.15) is 11.6 Å². The van der Waals surface area contributed by atoms with Crippen LogP contribution in [0.2, 0.25) is 0 Å². The Morgan fingerprint density at radius 1 is 1.26 bits per heavy atom. The molecule has 1 aromatic carbocycles. The summed E-state index contributed by atoms with van der Waals surface area (Å²) in [5, 5.41) is 4.92. The fourth-order valence-electron chi connectivity index (χ4n) is 2.27. The van der Waals surface area contributed by atoms with Gasteiger partial charge in [0, 0.05) is 25.1 Å². The summed E-state index contributed by atoms with van der Waals surface area (Å²) in [5.41, 5.74) is -0.311. The molecule has 0 bridgehead atoms. The van der Waals surface area contributed by atoms with Gasteiger partial charge < -0.3 is 10.6 Å². The van der Waals surface area contributed by atoms with Crippen LogP contribution in [-0.4, -0.2) is 44.3 Å². The molecule has 1 heterocycles. The third-order valence-corrected chi connectivity index (χ3v) is 5.18. The monoisotopic (exact) mass is 346 g/mol. The van der Waals surface area contributed by atoms with E-state index >= 15 is 0 Å².